The second-order valence-electron chi connectivity index (χ2n) is 7.37. The van der Waals surface area contributed by atoms with Crippen molar-refractivity contribution in [3.8, 4) is 11.8 Å². The fourth-order valence-corrected chi connectivity index (χ4v) is 3.81. The molecule has 0 aromatic heterocycles. The summed E-state index contributed by atoms with van der Waals surface area (Å²) in [5, 5.41) is 0.380. The van der Waals surface area contributed by atoms with Gasteiger partial charge in [-0.15, -0.1) is 6.58 Å². The second kappa shape index (κ2) is 10.5. The van der Waals surface area contributed by atoms with Gasteiger partial charge >= 0.3 is 0 Å². The molecule has 0 unspecified atom stereocenters. The Morgan fingerprint density at radius 2 is 1.82 bits per heavy atom. The summed E-state index contributed by atoms with van der Waals surface area (Å²) >= 11 is 5.77. The molecule has 0 heterocycles. The quantitative estimate of drug-likeness (QED) is 0.396. The van der Waals surface area contributed by atoms with Crippen molar-refractivity contribution in [3.05, 3.63) is 82.6 Å². The molecule has 0 bridgehead atoms. The lowest BCUT2D eigenvalue weighted by Gasteiger charge is -2.28. The van der Waals surface area contributed by atoms with E-state index >= 15 is 0 Å². The zero-order valence-electron chi connectivity index (χ0n) is 16.1. The Bertz CT molecular complexity index is 839. The van der Waals surface area contributed by atoms with Crippen LogP contribution in [0.3, 0.4) is 0 Å². The van der Waals surface area contributed by atoms with Crippen LogP contribution in [0.15, 0.2) is 55.1 Å². The van der Waals surface area contributed by atoms with Crippen LogP contribution < -0.4 is 0 Å². The van der Waals surface area contributed by atoms with E-state index in [1.54, 1.807) is 12.1 Å². The lowest BCUT2D eigenvalue weighted by atomic mass is 9.83. The maximum Gasteiger partial charge on any atom is 0.140 e. The highest BCUT2D eigenvalue weighted by molar-refractivity contribution is 6.30. The summed E-state index contributed by atoms with van der Waals surface area (Å²) in [6.07, 6.45) is 9.36. The molecule has 146 valence electrons. The van der Waals surface area contributed by atoms with Gasteiger partial charge in [0.25, 0.3) is 0 Å². The molecule has 0 saturated heterocycles. The highest BCUT2D eigenvalue weighted by atomic mass is 35.5. The van der Waals surface area contributed by atoms with Crippen LogP contribution in [-0.4, -0.2) is 12.7 Å². The largest absolute Gasteiger partial charge is 0.374 e. The number of ether oxygens (including phenoxy) is 1. The van der Waals surface area contributed by atoms with Crippen molar-refractivity contribution in [2.75, 3.05) is 6.61 Å². The van der Waals surface area contributed by atoms with E-state index in [0.717, 1.165) is 30.7 Å². The Balaban J connectivity index is 1.48. The average molecular weight is 397 g/mol. The van der Waals surface area contributed by atoms with Crippen molar-refractivity contribution < 1.29 is 9.13 Å². The van der Waals surface area contributed by atoms with Gasteiger partial charge in [-0.3, -0.25) is 0 Å². The third-order valence-electron chi connectivity index (χ3n) is 5.31. The fraction of sp³-hybridized carbons (Fsp3) is 0.360. The first-order valence-corrected chi connectivity index (χ1v) is 10.3. The summed E-state index contributed by atoms with van der Waals surface area (Å²) in [7, 11) is 0. The molecule has 1 aliphatic rings. The second-order valence-corrected chi connectivity index (χ2v) is 7.81. The lowest BCUT2D eigenvalue weighted by Crippen LogP contribution is -2.22. The molecule has 1 aliphatic carbocycles. The van der Waals surface area contributed by atoms with E-state index in [1.807, 2.05) is 18.2 Å². The summed E-state index contributed by atoms with van der Waals surface area (Å²) in [6, 6.07) is 12.8. The minimum Gasteiger partial charge on any atom is -0.374 e. The van der Waals surface area contributed by atoms with E-state index in [0.29, 0.717) is 23.3 Å². The smallest absolute Gasteiger partial charge is 0.140 e. The molecule has 0 N–H and O–H groups in total. The molecule has 1 saturated carbocycles. The number of hydrogen-bond acceptors (Lipinski definition) is 1. The van der Waals surface area contributed by atoms with Crippen LogP contribution in [0.2, 0.25) is 5.02 Å². The molecule has 1 nitrogen and oxygen atoms in total. The summed E-state index contributed by atoms with van der Waals surface area (Å²) in [4.78, 5) is 0. The van der Waals surface area contributed by atoms with Gasteiger partial charge in [0.2, 0.25) is 0 Å². The molecular weight excluding hydrogens is 371 g/mol. The first-order chi connectivity index (χ1) is 13.6. The molecule has 2 aromatic rings. The van der Waals surface area contributed by atoms with E-state index < -0.39 is 0 Å². The van der Waals surface area contributed by atoms with E-state index in [1.165, 1.54) is 30.9 Å². The number of rotatable bonds is 6. The minimum absolute atomic E-state index is 0.362. The maximum atomic E-state index is 13.8. The Morgan fingerprint density at radius 1 is 1.07 bits per heavy atom. The van der Waals surface area contributed by atoms with E-state index in [2.05, 4.69) is 30.6 Å². The Hall–Kier alpha value is -2.08. The van der Waals surface area contributed by atoms with Gasteiger partial charge < -0.3 is 4.74 Å². The van der Waals surface area contributed by atoms with Crippen LogP contribution in [0.5, 0.6) is 0 Å². The third-order valence-corrected chi connectivity index (χ3v) is 5.55. The van der Waals surface area contributed by atoms with Gasteiger partial charge in [-0.2, -0.15) is 0 Å². The highest BCUT2D eigenvalue weighted by Gasteiger charge is 2.21. The normalized spacial score (nSPS) is 18.9. The highest BCUT2D eigenvalue weighted by Crippen LogP contribution is 2.29. The third kappa shape index (κ3) is 6.23. The van der Waals surface area contributed by atoms with Crippen molar-refractivity contribution in [1.29, 1.82) is 0 Å². The predicted octanol–water partition coefficient (Wildman–Crippen LogP) is 6.57. The molecule has 0 radical (unpaired) electrons. The molecule has 28 heavy (non-hydrogen) atoms. The number of halogens is 2. The van der Waals surface area contributed by atoms with Gasteiger partial charge in [-0.25, -0.2) is 4.39 Å². The molecule has 0 atom stereocenters. The Labute approximate surface area is 172 Å². The van der Waals surface area contributed by atoms with Crippen LogP contribution >= 0.6 is 11.6 Å². The summed E-state index contributed by atoms with van der Waals surface area (Å²) in [6.45, 7) is 4.37. The van der Waals surface area contributed by atoms with Gasteiger partial charge in [0.1, 0.15) is 5.82 Å². The van der Waals surface area contributed by atoms with Gasteiger partial charge in [0, 0.05) is 10.6 Å². The Morgan fingerprint density at radius 3 is 2.50 bits per heavy atom. The first kappa shape index (κ1) is 20.6. The lowest BCUT2D eigenvalue weighted by molar-refractivity contribution is 0.0338. The fourth-order valence-electron chi connectivity index (χ4n) is 3.65. The zero-order chi connectivity index (χ0) is 19.8. The van der Waals surface area contributed by atoms with Crippen molar-refractivity contribution in [2.24, 2.45) is 5.92 Å². The van der Waals surface area contributed by atoms with Crippen molar-refractivity contribution in [2.45, 2.75) is 44.6 Å². The standard InChI is InChI=1S/C25H26ClFO/c1-2-17-28-24-15-10-21(11-16-24)8-5-19-3-6-20(7-4-19)9-12-22-13-14-23(26)18-25(22)27/h2-4,6-7,13-14,18,21,24H,1,5,8,10-11,15-17H2. The molecule has 1 fully saturated rings. The summed E-state index contributed by atoms with van der Waals surface area (Å²) < 4.78 is 19.5. The van der Waals surface area contributed by atoms with Crippen molar-refractivity contribution >= 4 is 11.6 Å². The molecule has 2 aromatic carbocycles. The van der Waals surface area contributed by atoms with Crippen LogP contribution in [0.4, 0.5) is 4.39 Å². The molecule has 3 rings (SSSR count). The average Bonchev–Trinajstić information content (AvgIpc) is 2.71. The number of benzene rings is 2. The molecular formula is C25H26ClFO. The number of aryl methyl sites for hydroxylation is 1. The predicted molar refractivity (Wildman–Crippen MR) is 114 cm³/mol. The van der Waals surface area contributed by atoms with E-state index in [9.17, 15) is 4.39 Å². The zero-order valence-corrected chi connectivity index (χ0v) is 16.9. The van der Waals surface area contributed by atoms with Gasteiger partial charge in [-0.05, 0) is 80.3 Å². The van der Waals surface area contributed by atoms with Crippen LogP contribution in [0, 0.1) is 23.6 Å². The molecule has 0 spiro atoms. The Kier molecular flexibility index (Phi) is 7.71. The van der Waals surface area contributed by atoms with E-state index in [-0.39, 0.29) is 5.82 Å². The van der Waals surface area contributed by atoms with Crippen LogP contribution in [0.1, 0.15) is 48.8 Å². The van der Waals surface area contributed by atoms with Crippen molar-refractivity contribution in [1.82, 2.24) is 0 Å². The molecule has 3 heteroatoms. The summed E-state index contributed by atoms with van der Waals surface area (Å²) in [5.74, 6) is 6.30. The van der Waals surface area contributed by atoms with Gasteiger partial charge in [0.05, 0.1) is 18.3 Å². The topological polar surface area (TPSA) is 9.23 Å². The molecule has 0 aliphatic heterocycles. The van der Waals surface area contributed by atoms with E-state index in [4.69, 9.17) is 16.3 Å². The monoisotopic (exact) mass is 396 g/mol. The first-order valence-electron chi connectivity index (χ1n) is 9.92. The summed E-state index contributed by atoms with van der Waals surface area (Å²) in [5.41, 5.74) is 2.58. The van der Waals surface area contributed by atoms with Gasteiger partial charge in [-0.1, -0.05) is 41.7 Å². The van der Waals surface area contributed by atoms with Crippen molar-refractivity contribution in [3.63, 3.8) is 0 Å². The maximum absolute atomic E-state index is 13.8. The van der Waals surface area contributed by atoms with Crippen LogP contribution in [0.25, 0.3) is 0 Å². The van der Waals surface area contributed by atoms with Crippen LogP contribution in [-0.2, 0) is 11.2 Å². The minimum atomic E-state index is -0.388. The molecule has 0 amide bonds. The van der Waals surface area contributed by atoms with Gasteiger partial charge in [0.15, 0.2) is 0 Å². The number of hydrogen-bond donors (Lipinski definition) is 0. The SMILES string of the molecule is C=CCOC1CCC(CCc2ccc(C#Cc3ccc(Cl)cc3F)cc2)CC1.